The first-order valence-electron chi connectivity index (χ1n) is 4.57. The zero-order valence-corrected chi connectivity index (χ0v) is 8.58. The van der Waals surface area contributed by atoms with Crippen molar-refractivity contribution in [3.63, 3.8) is 0 Å². The average Bonchev–Trinajstić information content (AvgIpc) is 2.43. The summed E-state index contributed by atoms with van der Waals surface area (Å²) in [5.41, 5.74) is -0.0178. The topological polar surface area (TPSA) is 55.1 Å². The van der Waals surface area contributed by atoms with E-state index in [4.69, 9.17) is 16.7 Å². The number of halogens is 1. The number of carboxylic acid groups (broad SMARTS) is 1. The molecule has 14 heavy (non-hydrogen) atoms. The summed E-state index contributed by atoms with van der Waals surface area (Å²) < 4.78 is 1.80. The summed E-state index contributed by atoms with van der Waals surface area (Å²) in [6.45, 7) is 2.90. The lowest BCUT2D eigenvalue weighted by atomic mass is 10.0. The molecule has 0 fully saturated rings. The zero-order chi connectivity index (χ0) is 10.3. The fourth-order valence-electron chi connectivity index (χ4n) is 1.76. The zero-order valence-electron chi connectivity index (χ0n) is 7.83. The van der Waals surface area contributed by atoms with E-state index in [2.05, 4.69) is 11.9 Å². The van der Waals surface area contributed by atoms with E-state index in [0.29, 0.717) is 5.92 Å². The Kier molecular flexibility index (Phi) is 2.23. The number of fused-ring (bicyclic) bond motifs is 1. The second kappa shape index (κ2) is 3.28. The lowest BCUT2D eigenvalue weighted by Crippen LogP contribution is -2.17. The molecule has 1 atom stereocenters. The predicted molar refractivity (Wildman–Crippen MR) is 51.7 cm³/mol. The molecule has 76 valence electrons. The summed E-state index contributed by atoms with van der Waals surface area (Å²) in [6.07, 6.45) is 1.84. The van der Waals surface area contributed by atoms with Gasteiger partial charge in [-0.3, -0.25) is 0 Å². The van der Waals surface area contributed by atoms with Crippen molar-refractivity contribution in [1.29, 1.82) is 0 Å². The molecule has 5 heteroatoms. The monoisotopic (exact) mass is 214 g/mol. The molecule has 1 aromatic heterocycles. The van der Waals surface area contributed by atoms with Gasteiger partial charge in [-0.25, -0.2) is 9.78 Å². The predicted octanol–water partition coefficient (Wildman–Crippen LogP) is 1.82. The van der Waals surface area contributed by atoms with Crippen LogP contribution in [-0.4, -0.2) is 20.6 Å². The molecule has 0 aromatic carbocycles. The van der Waals surface area contributed by atoms with Gasteiger partial charge in [0.15, 0.2) is 5.69 Å². The summed E-state index contributed by atoms with van der Waals surface area (Å²) in [5, 5.41) is 9.08. The first-order valence-corrected chi connectivity index (χ1v) is 4.95. The Hall–Kier alpha value is -1.03. The summed E-state index contributed by atoms with van der Waals surface area (Å²) in [7, 11) is 0. The lowest BCUT2D eigenvalue weighted by Gasteiger charge is -2.19. The first kappa shape index (κ1) is 9.52. The third-order valence-electron chi connectivity index (χ3n) is 2.56. The minimum absolute atomic E-state index is 0.0178. The quantitative estimate of drug-likeness (QED) is 0.776. The van der Waals surface area contributed by atoms with Crippen LogP contribution >= 0.6 is 11.6 Å². The Morgan fingerprint density at radius 3 is 3.07 bits per heavy atom. The van der Waals surface area contributed by atoms with E-state index in [1.54, 1.807) is 4.57 Å². The van der Waals surface area contributed by atoms with Crippen molar-refractivity contribution < 1.29 is 9.90 Å². The highest BCUT2D eigenvalue weighted by Crippen LogP contribution is 2.26. The Balaban J connectivity index is 2.45. The van der Waals surface area contributed by atoms with Gasteiger partial charge in [-0.05, 0) is 12.3 Å². The van der Waals surface area contributed by atoms with Gasteiger partial charge >= 0.3 is 5.97 Å². The molecular weight excluding hydrogens is 204 g/mol. The number of rotatable bonds is 1. The maximum Gasteiger partial charge on any atom is 0.357 e. The number of hydrogen-bond donors (Lipinski definition) is 1. The molecule has 1 aliphatic rings. The molecule has 0 amide bonds. The van der Waals surface area contributed by atoms with E-state index in [1.807, 2.05) is 0 Å². The average molecular weight is 215 g/mol. The SMILES string of the molecule is CC1CCn2c(nc(C(=O)O)c2Cl)C1. The smallest absolute Gasteiger partial charge is 0.357 e. The minimum Gasteiger partial charge on any atom is -0.476 e. The third kappa shape index (κ3) is 1.39. The molecule has 0 bridgehead atoms. The third-order valence-corrected chi connectivity index (χ3v) is 2.95. The molecular formula is C9H11ClN2O2. The van der Waals surface area contributed by atoms with Crippen LogP contribution in [0.5, 0.6) is 0 Å². The number of nitrogens with zero attached hydrogens (tertiary/aromatic N) is 2. The van der Waals surface area contributed by atoms with Crippen LogP contribution in [0, 0.1) is 5.92 Å². The fourth-order valence-corrected chi connectivity index (χ4v) is 2.06. The number of carbonyl (C=O) groups is 1. The summed E-state index contributed by atoms with van der Waals surface area (Å²) in [4.78, 5) is 14.8. The van der Waals surface area contributed by atoms with Crippen LogP contribution in [0.2, 0.25) is 5.15 Å². The highest BCUT2D eigenvalue weighted by atomic mass is 35.5. The van der Waals surface area contributed by atoms with Gasteiger partial charge in [0.2, 0.25) is 0 Å². The van der Waals surface area contributed by atoms with E-state index in [9.17, 15) is 4.79 Å². The second-order valence-corrected chi connectivity index (χ2v) is 4.08. The van der Waals surface area contributed by atoms with E-state index in [-0.39, 0.29) is 10.8 Å². The van der Waals surface area contributed by atoms with E-state index in [0.717, 1.165) is 25.2 Å². The van der Waals surface area contributed by atoms with Gasteiger partial charge in [0.05, 0.1) is 0 Å². The molecule has 0 spiro atoms. The Morgan fingerprint density at radius 2 is 2.43 bits per heavy atom. The molecule has 2 rings (SSSR count). The van der Waals surface area contributed by atoms with Crippen molar-refractivity contribution in [3.8, 4) is 0 Å². The Bertz CT molecular complexity index is 386. The Labute approximate surface area is 86.5 Å². The molecule has 0 saturated heterocycles. The van der Waals surface area contributed by atoms with Crippen molar-refractivity contribution >= 4 is 17.6 Å². The van der Waals surface area contributed by atoms with E-state index < -0.39 is 5.97 Å². The van der Waals surface area contributed by atoms with Gasteiger partial charge < -0.3 is 9.67 Å². The number of aromatic nitrogens is 2. The van der Waals surface area contributed by atoms with E-state index in [1.165, 1.54) is 0 Å². The van der Waals surface area contributed by atoms with Crippen molar-refractivity contribution in [3.05, 3.63) is 16.7 Å². The van der Waals surface area contributed by atoms with Gasteiger partial charge in [-0.15, -0.1) is 0 Å². The maximum absolute atomic E-state index is 10.8. The largest absolute Gasteiger partial charge is 0.476 e. The number of imidazole rings is 1. The van der Waals surface area contributed by atoms with Gasteiger partial charge in [0, 0.05) is 13.0 Å². The van der Waals surface area contributed by atoms with Crippen molar-refractivity contribution in [2.75, 3.05) is 0 Å². The molecule has 0 radical (unpaired) electrons. The lowest BCUT2D eigenvalue weighted by molar-refractivity contribution is 0.0691. The molecule has 1 unspecified atom stereocenters. The molecule has 1 aromatic rings. The molecule has 0 saturated carbocycles. The van der Waals surface area contributed by atoms with Crippen LogP contribution in [0.25, 0.3) is 0 Å². The summed E-state index contributed by atoms with van der Waals surface area (Å²) in [6, 6.07) is 0. The Morgan fingerprint density at radius 1 is 1.71 bits per heavy atom. The maximum atomic E-state index is 10.8. The van der Waals surface area contributed by atoms with Crippen molar-refractivity contribution in [2.45, 2.75) is 26.3 Å². The summed E-state index contributed by atoms with van der Waals surface area (Å²) >= 11 is 5.90. The standard InChI is InChI=1S/C9H11ClN2O2/c1-5-2-3-12-6(4-5)11-7(8(12)10)9(13)14/h5H,2-4H2,1H3,(H,13,14). The van der Waals surface area contributed by atoms with Crippen molar-refractivity contribution in [2.24, 2.45) is 5.92 Å². The number of carboxylic acids is 1. The van der Waals surface area contributed by atoms with Crippen LogP contribution in [0.3, 0.4) is 0 Å². The van der Waals surface area contributed by atoms with Crippen LogP contribution in [0.1, 0.15) is 29.7 Å². The number of hydrogen-bond acceptors (Lipinski definition) is 2. The van der Waals surface area contributed by atoms with Crippen LogP contribution < -0.4 is 0 Å². The van der Waals surface area contributed by atoms with Crippen LogP contribution in [-0.2, 0) is 13.0 Å². The molecule has 0 aliphatic carbocycles. The minimum atomic E-state index is -1.05. The summed E-state index contributed by atoms with van der Waals surface area (Å²) in [5.74, 6) is 0.304. The highest BCUT2D eigenvalue weighted by Gasteiger charge is 2.24. The molecule has 1 aliphatic heterocycles. The number of aromatic carboxylic acids is 1. The van der Waals surface area contributed by atoms with Gasteiger partial charge in [0.1, 0.15) is 11.0 Å². The fraction of sp³-hybridized carbons (Fsp3) is 0.556. The normalized spacial score (nSPS) is 20.6. The highest BCUT2D eigenvalue weighted by molar-refractivity contribution is 6.32. The second-order valence-electron chi connectivity index (χ2n) is 3.72. The van der Waals surface area contributed by atoms with Crippen LogP contribution in [0.4, 0.5) is 0 Å². The van der Waals surface area contributed by atoms with Gasteiger partial charge in [-0.1, -0.05) is 18.5 Å². The van der Waals surface area contributed by atoms with E-state index >= 15 is 0 Å². The molecule has 2 heterocycles. The van der Waals surface area contributed by atoms with Crippen LogP contribution in [0.15, 0.2) is 0 Å². The molecule has 4 nitrogen and oxygen atoms in total. The van der Waals surface area contributed by atoms with Gasteiger partial charge in [-0.2, -0.15) is 0 Å². The first-order chi connectivity index (χ1) is 6.59. The van der Waals surface area contributed by atoms with Gasteiger partial charge in [0.25, 0.3) is 0 Å². The van der Waals surface area contributed by atoms with Crippen molar-refractivity contribution in [1.82, 2.24) is 9.55 Å². The molecule has 1 N–H and O–H groups in total.